The molecule has 0 saturated carbocycles. The SMILES string of the molecule is Cl.O=C1c2ccccc2C(=O)N1c1ccc(S(=O)(=O)N2CCNCC2)cc1. The minimum absolute atomic E-state index is 0. The Morgan fingerprint density at radius 3 is 1.85 bits per heavy atom. The van der Waals surface area contributed by atoms with Gasteiger partial charge in [0.25, 0.3) is 11.8 Å². The van der Waals surface area contributed by atoms with Gasteiger partial charge in [0.15, 0.2) is 0 Å². The summed E-state index contributed by atoms with van der Waals surface area (Å²) in [5.41, 5.74) is 1.07. The molecule has 0 bridgehead atoms. The number of carbonyl (C=O) groups is 2. The van der Waals surface area contributed by atoms with E-state index in [9.17, 15) is 18.0 Å². The van der Waals surface area contributed by atoms with E-state index in [1.807, 2.05) is 0 Å². The average molecular weight is 408 g/mol. The van der Waals surface area contributed by atoms with Crippen LogP contribution >= 0.6 is 12.4 Å². The molecule has 2 aliphatic heterocycles. The van der Waals surface area contributed by atoms with Gasteiger partial charge < -0.3 is 5.32 Å². The van der Waals surface area contributed by atoms with Crippen molar-refractivity contribution in [1.29, 1.82) is 0 Å². The summed E-state index contributed by atoms with van der Waals surface area (Å²) in [6.45, 7) is 2.07. The van der Waals surface area contributed by atoms with Gasteiger partial charge in [-0.2, -0.15) is 4.31 Å². The Hall–Kier alpha value is -2.26. The highest BCUT2D eigenvalue weighted by atomic mass is 35.5. The highest BCUT2D eigenvalue weighted by Crippen LogP contribution is 2.29. The Morgan fingerprint density at radius 1 is 0.815 bits per heavy atom. The van der Waals surface area contributed by atoms with Crippen molar-refractivity contribution in [3.63, 3.8) is 0 Å². The van der Waals surface area contributed by atoms with Crippen molar-refractivity contribution in [3.05, 3.63) is 59.7 Å². The number of rotatable bonds is 3. The predicted octanol–water partition coefficient (Wildman–Crippen LogP) is 1.50. The molecule has 4 rings (SSSR count). The summed E-state index contributed by atoms with van der Waals surface area (Å²) in [6.07, 6.45) is 0. The Labute approximate surface area is 163 Å². The number of piperazine rings is 1. The number of fused-ring (bicyclic) bond motifs is 1. The van der Waals surface area contributed by atoms with Crippen molar-refractivity contribution in [2.24, 2.45) is 0 Å². The maximum absolute atomic E-state index is 12.7. The molecule has 142 valence electrons. The van der Waals surface area contributed by atoms with Crippen molar-refractivity contribution in [2.45, 2.75) is 4.90 Å². The second-order valence-electron chi connectivity index (χ2n) is 6.14. The zero-order valence-electron chi connectivity index (χ0n) is 14.3. The van der Waals surface area contributed by atoms with Crippen LogP contribution in [0.1, 0.15) is 20.7 Å². The lowest BCUT2D eigenvalue weighted by Gasteiger charge is -2.26. The number of amides is 2. The van der Waals surface area contributed by atoms with E-state index in [1.54, 1.807) is 24.3 Å². The number of anilines is 1. The number of sulfonamides is 1. The van der Waals surface area contributed by atoms with Crippen LogP contribution in [-0.2, 0) is 10.0 Å². The van der Waals surface area contributed by atoms with Gasteiger partial charge in [0.2, 0.25) is 10.0 Å². The Bertz CT molecular complexity index is 951. The van der Waals surface area contributed by atoms with Gasteiger partial charge in [0.1, 0.15) is 0 Å². The van der Waals surface area contributed by atoms with E-state index in [4.69, 9.17) is 0 Å². The fraction of sp³-hybridized carbons (Fsp3) is 0.222. The van der Waals surface area contributed by atoms with Crippen LogP contribution in [0.5, 0.6) is 0 Å². The maximum atomic E-state index is 12.7. The molecule has 0 aromatic heterocycles. The molecule has 2 aromatic rings. The first-order valence-corrected chi connectivity index (χ1v) is 9.73. The minimum Gasteiger partial charge on any atom is -0.314 e. The molecule has 0 spiro atoms. The van der Waals surface area contributed by atoms with Crippen molar-refractivity contribution < 1.29 is 18.0 Å². The number of hydrogen-bond acceptors (Lipinski definition) is 5. The lowest BCUT2D eigenvalue weighted by Crippen LogP contribution is -2.46. The van der Waals surface area contributed by atoms with Gasteiger partial charge in [-0.3, -0.25) is 9.59 Å². The fourth-order valence-corrected chi connectivity index (χ4v) is 4.67. The van der Waals surface area contributed by atoms with E-state index in [-0.39, 0.29) is 17.3 Å². The van der Waals surface area contributed by atoms with Gasteiger partial charge in [0, 0.05) is 26.2 Å². The number of imide groups is 1. The smallest absolute Gasteiger partial charge is 0.266 e. The van der Waals surface area contributed by atoms with Crippen molar-refractivity contribution in [2.75, 3.05) is 31.1 Å². The summed E-state index contributed by atoms with van der Waals surface area (Å²) in [5, 5.41) is 3.12. The molecule has 1 fully saturated rings. The fourth-order valence-electron chi connectivity index (χ4n) is 3.22. The summed E-state index contributed by atoms with van der Waals surface area (Å²) >= 11 is 0. The van der Waals surface area contributed by atoms with Gasteiger partial charge in [-0.15, -0.1) is 12.4 Å². The molecule has 27 heavy (non-hydrogen) atoms. The lowest BCUT2D eigenvalue weighted by molar-refractivity contribution is 0.0926. The Balaban J connectivity index is 0.00000210. The third kappa shape index (κ3) is 3.25. The number of halogens is 1. The summed E-state index contributed by atoms with van der Waals surface area (Å²) in [5.74, 6) is -0.799. The molecule has 2 amide bonds. The molecule has 2 heterocycles. The van der Waals surface area contributed by atoms with Gasteiger partial charge in [0.05, 0.1) is 21.7 Å². The van der Waals surface area contributed by atoms with Crippen molar-refractivity contribution in [3.8, 4) is 0 Å². The second kappa shape index (κ2) is 7.40. The Kier molecular flexibility index (Phi) is 5.34. The minimum atomic E-state index is -3.58. The molecule has 9 heteroatoms. The van der Waals surface area contributed by atoms with Crippen LogP contribution in [0.2, 0.25) is 0 Å². The van der Waals surface area contributed by atoms with E-state index in [1.165, 1.54) is 28.6 Å². The first-order chi connectivity index (χ1) is 12.5. The summed E-state index contributed by atoms with van der Waals surface area (Å²) in [6, 6.07) is 12.5. The highest BCUT2D eigenvalue weighted by molar-refractivity contribution is 7.89. The molecule has 2 aliphatic rings. The number of benzene rings is 2. The van der Waals surface area contributed by atoms with Crippen LogP contribution in [0.4, 0.5) is 5.69 Å². The van der Waals surface area contributed by atoms with Gasteiger partial charge in [-0.05, 0) is 36.4 Å². The molecule has 2 aromatic carbocycles. The van der Waals surface area contributed by atoms with E-state index < -0.39 is 21.8 Å². The highest BCUT2D eigenvalue weighted by Gasteiger charge is 2.36. The van der Waals surface area contributed by atoms with Crippen LogP contribution in [-0.4, -0.2) is 50.7 Å². The summed E-state index contributed by atoms with van der Waals surface area (Å²) in [7, 11) is -3.58. The van der Waals surface area contributed by atoms with Crippen LogP contribution in [0.3, 0.4) is 0 Å². The number of hydrogen-bond donors (Lipinski definition) is 1. The molecule has 0 unspecified atom stereocenters. The molecule has 7 nitrogen and oxygen atoms in total. The molecule has 0 atom stereocenters. The third-order valence-corrected chi connectivity index (χ3v) is 6.52. The molecule has 1 N–H and O–H groups in total. The normalized spacial score (nSPS) is 17.6. The summed E-state index contributed by atoms with van der Waals surface area (Å²) in [4.78, 5) is 26.2. The van der Waals surface area contributed by atoms with Crippen molar-refractivity contribution in [1.82, 2.24) is 9.62 Å². The van der Waals surface area contributed by atoms with Gasteiger partial charge >= 0.3 is 0 Å². The summed E-state index contributed by atoms with van der Waals surface area (Å²) < 4.78 is 26.8. The standard InChI is InChI=1S/C18H17N3O4S.ClH/c22-17-15-3-1-2-4-16(15)18(23)21(17)13-5-7-14(8-6-13)26(24,25)20-11-9-19-10-12-20;/h1-8,19H,9-12H2;1H. The van der Waals surface area contributed by atoms with E-state index in [2.05, 4.69) is 5.32 Å². The zero-order chi connectivity index (χ0) is 18.3. The third-order valence-electron chi connectivity index (χ3n) is 4.60. The van der Waals surface area contributed by atoms with Crippen molar-refractivity contribution >= 4 is 39.9 Å². The van der Waals surface area contributed by atoms with E-state index in [0.717, 1.165) is 4.90 Å². The maximum Gasteiger partial charge on any atom is 0.266 e. The van der Waals surface area contributed by atoms with Gasteiger partial charge in [-0.1, -0.05) is 12.1 Å². The number of carbonyl (C=O) groups excluding carboxylic acids is 2. The molecular formula is C18H18ClN3O4S. The van der Waals surface area contributed by atoms with Crippen LogP contribution < -0.4 is 10.2 Å². The van der Waals surface area contributed by atoms with Crippen LogP contribution in [0.25, 0.3) is 0 Å². The second-order valence-corrected chi connectivity index (χ2v) is 8.08. The van der Waals surface area contributed by atoms with E-state index in [0.29, 0.717) is 43.0 Å². The predicted molar refractivity (Wildman–Crippen MR) is 103 cm³/mol. The monoisotopic (exact) mass is 407 g/mol. The molecular weight excluding hydrogens is 390 g/mol. The first kappa shape index (κ1) is 19.5. The van der Waals surface area contributed by atoms with Gasteiger partial charge in [-0.25, -0.2) is 13.3 Å². The lowest BCUT2D eigenvalue weighted by atomic mass is 10.1. The molecule has 0 aliphatic carbocycles. The molecule has 0 radical (unpaired) electrons. The largest absolute Gasteiger partial charge is 0.314 e. The number of nitrogens with one attached hydrogen (secondary N) is 1. The molecule has 1 saturated heterocycles. The average Bonchev–Trinajstić information content (AvgIpc) is 2.94. The van der Waals surface area contributed by atoms with Crippen LogP contribution in [0.15, 0.2) is 53.4 Å². The zero-order valence-corrected chi connectivity index (χ0v) is 15.9. The Morgan fingerprint density at radius 2 is 1.33 bits per heavy atom. The quantitative estimate of drug-likeness (QED) is 0.779. The van der Waals surface area contributed by atoms with E-state index >= 15 is 0 Å². The number of nitrogens with zero attached hydrogens (tertiary/aromatic N) is 2. The first-order valence-electron chi connectivity index (χ1n) is 8.29. The van der Waals surface area contributed by atoms with Crippen LogP contribution in [0, 0.1) is 0 Å². The topological polar surface area (TPSA) is 86.8 Å².